The summed E-state index contributed by atoms with van der Waals surface area (Å²) >= 11 is 1.73. The van der Waals surface area contributed by atoms with Crippen molar-refractivity contribution in [1.82, 2.24) is 4.98 Å². The third-order valence-corrected chi connectivity index (χ3v) is 4.15. The van der Waals surface area contributed by atoms with E-state index in [4.69, 9.17) is 0 Å². The Morgan fingerprint density at radius 2 is 2.14 bits per heavy atom. The summed E-state index contributed by atoms with van der Waals surface area (Å²) in [7, 11) is 0. The SMILES string of the molecule is O=[N+]([O-])c1ccc(NCCc2cccs2)c2cccnc12. The van der Waals surface area contributed by atoms with Crippen molar-refractivity contribution in [1.29, 1.82) is 0 Å². The molecule has 0 saturated carbocycles. The second kappa shape index (κ2) is 5.88. The van der Waals surface area contributed by atoms with E-state index in [2.05, 4.69) is 21.7 Å². The molecular weight excluding hydrogens is 286 g/mol. The molecule has 6 heteroatoms. The van der Waals surface area contributed by atoms with Gasteiger partial charge in [-0.25, -0.2) is 4.98 Å². The van der Waals surface area contributed by atoms with Crippen molar-refractivity contribution in [2.75, 3.05) is 11.9 Å². The van der Waals surface area contributed by atoms with Crippen molar-refractivity contribution in [3.8, 4) is 0 Å². The Kier molecular flexibility index (Phi) is 3.79. The second-order valence-corrected chi connectivity index (χ2v) is 5.58. The molecule has 0 aliphatic rings. The number of benzene rings is 1. The highest BCUT2D eigenvalue weighted by atomic mass is 32.1. The standard InChI is InChI=1S/C15H13N3O2S/c19-18(20)14-6-5-13(12-4-1-8-17-15(12)14)16-9-7-11-3-2-10-21-11/h1-6,8,10,16H,7,9H2. The smallest absolute Gasteiger partial charge is 0.295 e. The zero-order valence-electron chi connectivity index (χ0n) is 11.2. The molecule has 2 heterocycles. The molecular formula is C15H13N3O2S. The number of nitrogens with zero attached hydrogens (tertiary/aromatic N) is 2. The molecule has 1 aromatic carbocycles. The van der Waals surface area contributed by atoms with Crippen molar-refractivity contribution in [2.45, 2.75) is 6.42 Å². The highest BCUT2D eigenvalue weighted by Crippen LogP contribution is 2.29. The molecule has 3 rings (SSSR count). The second-order valence-electron chi connectivity index (χ2n) is 4.55. The first-order chi connectivity index (χ1) is 10.3. The first-order valence-electron chi connectivity index (χ1n) is 6.54. The lowest BCUT2D eigenvalue weighted by Crippen LogP contribution is -2.05. The number of non-ortho nitro benzene ring substituents is 1. The maximum absolute atomic E-state index is 11.0. The fourth-order valence-electron chi connectivity index (χ4n) is 2.23. The van der Waals surface area contributed by atoms with Gasteiger partial charge in [-0.3, -0.25) is 10.1 Å². The maximum atomic E-state index is 11.0. The molecule has 3 aromatic rings. The zero-order valence-corrected chi connectivity index (χ0v) is 12.0. The predicted octanol–water partition coefficient (Wildman–Crippen LogP) is 3.86. The third-order valence-electron chi connectivity index (χ3n) is 3.21. The van der Waals surface area contributed by atoms with Gasteiger partial charge in [-0.2, -0.15) is 0 Å². The third kappa shape index (κ3) is 2.85. The number of hydrogen-bond donors (Lipinski definition) is 1. The number of pyridine rings is 1. The van der Waals surface area contributed by atoms with Crippen LogP contribution in [0.2, 0.25) is 0 Å². The van der Waals surface area contributed by atoms with Crippen LogP contribution in [0.5, 0.6) is 0 Å². The normalized spacial score (nSPS) is 10.7. The van der Waals surface area contributed by atoms with Gasteiger partial charge in [-0.1, -0.05) is 6.07 Å². The molecule has 1 N–H and O–H groups in total. The van der Waals surface area contributed by atoms with Gasteiger partial charge in [-0.15, -0.1) is 11.3 Å². The van der Waals surface area contributed by atoms with Crippen molar-refractivity contribution in [3.05, 3.63) is 63.0 Å². The molecule has 106 valence electrons. The van der Waals surface area contributed by atoms with Gasteiger partial charge in [-0.05, 0) is 36.1 Å². The van der Waals surface area contributed by atoms with Gasteiger partial charge in [0, 0.05) is 34.8 Å². The van der Waals surface area contributed by atoms with Crippen LogP contribution in [-0.4, -0.2) is 16.5 Å². The van der Waals surface area contributed by atoms with Crippen molar-refractivity contribution < 1.29 is 4.92 Å². The number of nitrogens with one attached hydrogen (secondary N) is 1. The summed E-state index contributed by atoms with van der Waals surface area (Å²) in [6.45, 7) is 0.780. The highest BCUT2D eigenvalue weighted by Gasteiger charge is 2.14. The Balaban J connectivity index is 1.85. The molecule has 0 radical (unpaired) electrons. The quantitative estimate of drug-likeness (QED) is 0.574. The first-order valence-corrected chi connectivity index (χ1v) is 7.42. The van der Waals surface area contributed by atoms with Crippen LogP contribution >= 0.6 is 11.3 Å². The summed E-state index contributed by atoms with van der Waals surface area (Å²) in [5.74, 6) is 0. The van der Waals surface area contributed by atoms with Gasteiger partial charge < -0.3 is 5.32 Å². The van der Waals surface area contributed by atoms with E-state index in [1.165, 1.54) is 10.9 Å². The number of anilines is 1. The first kappa shape index (κ1) is 13.5. The minimum Gasteiger partial charge on any atom is -0.384 e. The average Bonchev–Trinajstić information content (AvgIpc) is 3.00. The van der Waals surface area contributed by atoms with E-state index in [0.29, 0.717) is 5.52 Å². The van der Waals surface area contributed by atoms with Crippen LogP contribution in [0.1, 0.15) is 4.88 Å². The predicted molar refractivity (Wildman–Crippen MR) is 84.9 cm³/mol. The van der Waals surface area contributed by atoms with Gasteiger partial charge in [0.05, 0.1) is 4.92 Å². The van der Waals surface area contributed by atoms with Crippen LogP contribution in [0, 0.1) is 10.1 Å². The summed E-state index contributed by atoms with van der Waals surface area (Å²) in [5.41, 5.74) is 1.33. The summed E-state index contributed by atoms with van der Waals surface area (Å²) in [4.78, 5) is 16.1. The number of hydrogen-bond acceptors (Lipinski definition) is 5. The lowest BCUT2D eigenvalue weighted by molar-refractivity contribution is -0.383. The van der Waals surface area contributed by atoms with Gasteiger partial charge in [0.15, 0.2) is 0 Å². The minimum absolute atomic E-state index is 0.0365. The lowest BCUT2D eigenvalue weighted by atomic mass is 10.1. The molecule has 0 unspecified atom stereocenters. The van der Waals surface area contributed by atoms with E-state index >= 15 is 0 Å². The molecule has 5 nitrogen and oxygen atoms in total. The monoisotopic (exact) mass is 299 g/mol. The van der Waals surface area contributed by atoms with E-state index in [9.17, 15) is 10.1 Å². The lowest BCUT2D eigenvalue weighted by Gasteiger charge is -2.09. The van der Waals surface area contributed by atoms with Crippen LogP contribution < -0.4 is 5.32 Å². The van der Waals surface area contributed by atoms with E-state index in [0.717, 1.165) is 24.0 Å². The number of thiophene rings is 1. The molecule has 0 bridgehead atoms. The maximum Gasteiger partial charge on any atom is 0.295 e. The summed E-state index contributed by atoms with van der Waals surface area (Å²) in [5, 5.41) is 17.2. The molecule has 21 heavy (non-hydrogen) atoms. The molecule has 2 aromatic heterocycles. The fraction of sp³-hybridized carbons (Fsp3) is 0.133. The molecule has 0 aliphatic heterocycles. The average molecular weight is 299 g/mol. The van der Waals surface area contributed by atoms with Gasteiger partial charge in [0.1, 0.15) is 5.52 Å². The molecule has 0 spiro atoms. The van der Waals surface area contributed by atoms with Crippen LogP contribution in [0.25, 0.3) is 10.9 Å². The largest absolute Gasteiger partial charge is 0.384 e. The highest BCUT2D eigenvalue weighted by molar-refractivity contribution is 7.09. The van der Waals surface area contributed by atoms with E-state index in [1.54, 1.807) is 29.7 Å². The number of rotatable bonds is 5. The summed E-state index contributed by atoms with van der Waals surface area (Å²) in [6, 6.07) is 11.0. The summed E-state index contributed by atoms with van der Waals surface area (Å²) in [6.07, 6.45) is 2.50. The Hall–Kier alpha value is -2.47. The number of nitro groups is 1. The molecule has 0 fully saturated rings. The Labute approximate surface area is 125 Å². The van der Waals surface area contributed by atoms with Crippen molar-refractivity contribution in [2.24, 2.45) is 0 Å². The van der Waals surface area contributed by atoms with E-state index in [1.807, 2.05) is 12.1 Å². The molecule has 0 aliphatic carbocycles. The van der Waals surface area contributed by atoms with Crippen LogP contribution in [-0.2, 0) is 6.42 Å². The van der Waals surface area contributed by atoms with Gasteiger partial charge in [0.25, 0.3) is 5.69 Å². The minimum atomic E-state index is -0.398. The number of aromatic nitrogens is 1. The van der Waals surface area contributed by atoms with Crippen molar-refractivity contribution >= 4 is 33.6 Å². The van der Waals surface area contributed by atoms with E-state index < -0.39 is 4.92 Å². The topological polar surface area (TPSA) is 68.1 Å². The number of fused-ring (bicyclic) bond motifs is 1. The number of nitro benzene ring substituents is 1. The Morgan fingerprint density at radius 1 is 1.24 bits per heavy atom. The van der Waals surface area contributed by atoms with Crippen LogP contribution in [0.4, 0.5) is 11.4 Å². The fourth-order valence-corrected chi connectivity index (χ4v) is 2.94. The zero-order chi connectivity index (χ0) is 14.7. The van der Waals surface area contributed by atoms with Crippen LogP contribution in [0.15, 0.2) is 48.0 Å². The van der Waals surface area contributed by atoms with Crippen molar-refractivity contribution in [3.63, 3.8) is 0 Å². The Morgan fingerprint density at radius 3 is 2.90 bits per heavy atom. The van der Waals surface area contributed by atoms with E-state index in [-0.39, 0.29) is 5.69 Å². The Bertz CT molecular complexity index is 772. The molecule has 0 atom stereocenters. The molecule has 0 saturated heterocycles. The van der Waals surface area contributed by atoms with Gasteiger partial charge >= 0.3 is 0 Å². The van der Waals surface area contributed by atoms with Gasteiger partial charge in [0.2, 0.25) is 0 Å². The van der Waals surface area contributed by atoms with Crippen LogP contribution in [0.3, 0.4) is 0 Å². The summed E-state index contributed by atoms with van der Waals surface area (Å²) < 4.78 is 0. The molecule has 0 amide bonds.